The number of hydrogen-bond donors (Lipinski definition) is 3. The van der Waals surface area contributed by atoms with Gasteiger partial charge < -0.3 is 16.0 Å². The lowest BCUT2D eigenvalue weighted by atomic mass is 10.1. The summed E-state index contributed by atoms with van der Waals surface area (Å²) in [5.74, 6) is 0.204. The molecule has 1 saturated heterocycles. The van der Waals surface area contributed by atoms with Gasteiger partial charge in [0.05, 0.1) is 9.82 Å². The maximum Gasteiger partial charge on any atom is 0.353 e. The van der Waals surface area contributed by atoms with Crippen molar-refractivity contribution < 1.29 is 13.3 Å². The lowest BCUT2D eigenvalue weighted by molar-refractivity contribution is -0.383. The van der Waals surface area contributed by atoms with E-state index in [1.54, 1.807) is 0 Å². The Kier molecular flexibility index (Phi) is 5.51. The molecule has 0 spiro atoms. The van der Waals surface area contributed by atoms with Gasteiger partial charge in [0.25, 0.3) is 0 Å². The molecule has 1 fully saturated rings. The van der Waals surface area contributed by atoms with Crippen molar-refractivity contribution in [2.24, 2.45) is 0 Å². The van der Waals surface area contributed by atoms with Crippen LogP contribution in [0.25, 0.3) is 0 Å². The molecule has 0 saturated carbocycles. The van der Waals surface area contributed by atoms with E-state index in [0.29, 0.717) is 5.69 Å². The van der Waals surface area contributed by atoms with Crippen molar-refractivity contribution in [1.29, 1.82) is 0 Å². The number of benzene rings is 1. The van der Waals surface area contributed by atoms with Gasteiger partial charge in [-0.2, -0.15) is 0 Å². The minimum absolute atomic E-state index is 0.0403. The lowest BCUT2D eigenvalue weighted by Crippen LogP contribution is -2.35. The van der Waals surface area contributed by atoms with Crippen LogP contribution >= 0.6 is 0 Å². The Morgan fingerprint density at radius 3 is 2.37 bits per heavy atom. The first kappa shape index (κ1) is 19.0. The van der Waals surface area contributed by atoms with Crippen LogP contribution in [0, 0.1) is 10.1 Å². The molecular formula is C16H20N6O4S. The fourth-order valence-corrected chi connectivity index (χ4v) is 3.46. The van der Waals surface area contributed by atoms with Crippen LogP contribution in [-0.2, 0) is 9.84 Å². The van der Waals surface area contributed by atoms with Crippen LogP contribution in [0.2, 0.25) is 0 Å². The van der Waals surface area contributed by atoms with Crippen molar-refractivity contribution in [1.82, 2.24) is 15.3 Å². The van der Waals surface area contributed by atoms with Crippen LogP contribution in [0.15, 0.2) is 35.5 Å². The van der Waals surface area contributed by atoms with Crippen LogP contribution < -0.4 is 16.0 Å². The highest BCUT2D eigenvalue weighted by Gasteiger charge is 2.25. The number of nitro groups is 1. The first-order valence-electron chi connectivity index (χ1n) is 8.38. The van der Waals surface area contributed by atoms with Crippen LogP contribution in [0.5, 0.6) is 0 Å². The molecule has 2 aromatic rings. The van der Waals surface area contributed by atoms with Crippen LogP contribution in [-0.4, -0.2) is 48.7 Å². The minimum atomic E-state index is -3.31. The summed E-state index contributed by atoms with van der Waals surface area (Å²) in [7, 11) is -3.31. The smallest absolute Gasteiger partial charge is 0.353 e. The summed E-state index contributed by atoms with van der Waals surface area (Å²) in [4.78, 5) is 19.3. The largest absolute Gasteiger partial charge is 0.361 e. The average Bonchev–Trinajstić information content (AvgIpc) is 2.62. The first-order valence-corrected chi connectivity index (χ1v) is 10.3. The van der Waals surface area contributed by atoms with Gasteiger partial charge in [0.2, 0.25) is 11.6 Å². The van der Waals surface area contributed by atoms with Crippen molar-refractivity contribution in [3.05, 3.63) is 40.7 Å². The predicted molar refractivity (Wildman–Crippen MR) is 101 cm³/mol. The molecule has 0 bridgehead atoms. The number of aromatic nitrogens is 2. The van der Waals surface area contributed by atoms with Crippen molar-refractivity contribution in [2.45, 2.75) is 23.8 Å². The third kappa shape index (κ3) is 4.68. The van der Waals surface area contributed by atoms with E-state index in [0.717, 1.165) is 32.2 Å². The number of sulfone groups is 1. The molecule has 0 unspecified atom stereocenters. The molecule has 0 radical (unpaired) electrons. The van der Waals surface area contributed by atoms with Crippen molar-refractivity contribution in [3.63, 3.8) is 0 Å². The highest BCUT2D eigenvalue weighted by atomic mass is 32.2. The zero-order valence-electron chi connectivity index (χ0n) is 14.7. The van der Waals surface area contributed by atoms with E-state index in [2.05, 4.69) is 25.9 Å². The summed E-state index contributed by atoms with van der Waals surface area (Å²) < 4.78 is 23.1. The Bertz CT molecular complexity index is 926. The molecule has 0 amide bonds. The van der Waals surface area contributed by atoms with Crippen molar-refractivity contribution in [2.75, 3.05) is 30.0 Å². The van der Waals surface area contributed by atoms with E-state index < -0.39 is 14.8 Å². The molecule has 1 aliphatic rings. The minimum Gasteiger partial charge on any atom is -0.361 e. The van der Waals surface area contributed by atoms with E-state index in [4.69, 9.17) is 0 Å². The maximum atomic E-state index is 11.6. The fraction of sp³-hybridized carbons (Fsp3) is 0.375. The molecule has 3 N–H and O–H groups in total. The molecule has 144 valence electrons. The molecule has 1 aromatic heterocycles. The summed E-state index contributed by atoms with van der Waals surface area (Å²) in [5.41, 5.74) is 0.236. The number of nitrogens with one attached hydrogen (secondary N) is 3. The Morgan fingerprint density at radius 2 is 1.78 bits per heavy atom. The van der Waals surface area contributed by atoms with Crippen LogP contribution in [0.4, 0.5) is 23.0 Å². The van der Waals surface area contributed by atoms with Gasteiger partial charge >= 0.3 is 5.69 Å². The number of anilines is 3. The molecule has 11 heteroatoms. The van der Waals surface area contributed by atoms with Gasteiger partial charge in [-0.25, -0.2) is 18.4 Å². The van der Waals surface area contributed by atoms with Crippen molar-refractivity contribution in [3.8, 4) is 0 Å². The van der Waals surface area contributed by atoms with E-state index in [9.17, 15) is 18.5 Å². The summed E-state index contributed by atoms with van der Waals surface area (Å²) in [6.45, 7) is 1.68. The molecule has 10 nitrogen and oxygen atoms in total. The number of piperidine rings is 1. The maximum absolute atomic E-state index is 11.6. The standard InChI is InChI=1S/C16H20N6O4S/c1-27(25,26)13-4-2-11(3-5-13)20-15-14(22(23)24)16(19-10-18-15)21-12-6-8-17-9-7-12/h2-5,10,12,17H,6-9H2,1H3,(H2,18,19,20,21). The molecular weight excluding hydrogens is 372 g/mol. The third-order valence-corrected chi connectivity index (χ3v) is 5.36. The van der Waals surface area contributed by atoms with E-state index in [-0.39, 0.29) is 28.3 Å². The average molecular weight is 392 g/mol. The van der Waals surface area contributed by atoms with Gasteiger partial charge in [-0.15, -0.1) is 0 Å². The van der Waals surface area contributed by atoms with Gasteiger partial charge in [0, 0.05) is 18.0 Å². The number of nitrogens with zero attached hydrogens (tertiary/aromatic N) is 3. The second kappa shape index (κ2) is 7.84. The highest BCUT2D eigenvalue weighted by molar-refractivity contribution is 7.90. The van der Waals surface area contributed by atoms with E-state index >= 15 is 0 Å². The Morgan fingerprint density at radius 1 is 1.15 bits per heavy atom. The Balaban J connectivity index is 1.86. The van der Waals surface area contributed by atoms with Crippen molar-refractivity contribution >= 4 is 32.8 Å². The summed E-state index contributed by atoms with van der Waals surface area (Å²) in [6.07, 6.45) is 4.06. The second-order valence-electron chi connectivity index (χ2n) is 6.27. The first-order chi connectivity index (χ1) is 12.8. The lowest BCUT2D eigenvalue weighted by Gasteiger charge is -2.24. The predicted octanol–water partition coefficient (Wildman–Crippen LogP) is 1.70. The normalized spacial score (nSPS) is 15.3. The molecule has 2 heterocycles. The number of hydrogen-bond acceptors (Lipinski definition) is 9. The number of rotatable bonds is 6. The second-order valence-corrected chi connectivity index (χ2v) is 8.28. The summed E-state index contributed by atoms with van der Waals surface area (Å²) in [6, 6.07) is 6.02. The van der Waals surface area contributed by atoms with Gasteiger partial charge in [0.15, 0.2) is 9.84 Å². The third-order valence-electron chi connectivity index (χ3n) is 4.23. The fourth-order valence-electron chi connectivity index (χ4n) is 2.83. The molecule has 0 aliphatic carbocycles. The Hall–Kier alpha value is -2.79. The topological polar surface area (TPSA) is 139 Å². The summed E-state index contributed by atoms with van der Waals surface area (Å²) >= 11 is 0. The van der Waals surface area contributed by atoms with Crippen LogP contribution in [0.3, 0.4) is 0 Å². The van der Waals surface area contributed by atoms with Gasteiger partial charge in [-0.1, -0.05) is 0 Å². The molecule has 1 aliphatic heterocycles. The molecule has 3 rings (SSSR count). The van der Waals surface area contributed by atoms with Gasteiger partial charge in [-0.05, 0) is 50.2 Å². The quantitative estimate of drug-likeness (QED) is 0.495. The molecule has 27 heavy (non-hydrogen) atoms. The van der Waals surface area contributed by atoms with Crippen LogP contribution in [0.1, 0.15) is 12.8 Å². The van der Waals surface area contributed by atoms with E-state index in [1.165, 1.54) is 30.6 Å². The summed E-state index contributed by atoms with van der Waals surface area (Å²) in [5, 5.41) is 20.9. The molecule has 0 atom stereocenters. The Labute approximate surface area is 156 Å². The zero-order chi connectivity index (χ0) is 19.4. The monoisotopic (exact) mass is 392 g/mol. The highest BCUT2D eigenvalue weighted by Crippen LogP contribution is 2.32. The van der Waals surface area contributed by atoms with E-state index in [1.807, 2.05) is 0 Å². The zero-order valence-corrected chi connectivity index (χ0v) is 15.5. The molecule has 1 aromatic carbocycles. The SMILES string of the molecule is CS(=O)(=O)c1ccc(Nc2ncnc(NC3CCNCC3)c2[N+](=O)[O-])cc1. The van der Waals surface area contributed by atoms with Gasteiger partial charge in [-0.3, -0.25) is 10.1 Å². The van der Waals surface area contributed by atoms with Gasteiger partial charge in [0.1, 0.15) is 6.33 Å².